The number of carbonyl (C=O) groups is 1. The number of nitrogens with one attached hydrogen (secondary N) is 1. The first-order valence-electron chi connectivity index (χ1n) is 6.42. The number of hydrazine groups is 1. The van der Waals surface area contributed by atoms with Gasteiger partial charge in [0.15, 0.2) is 0 Å². The van der Waals surface area contributed by atoms with Gasteiger partial charge >= 0.3 is 0 Å². The number of nitrogen functional groups attached to an aromatic ring is 1. The molecule has 0 unspecified atom stereocenters. The number of nitrogens with zero attached hydrogens (tertiary/aromatic N) is 1. The Bertz CT molecular complexity index is 435. The Hall–Kier alpha value is -0.910. The van der Waals surface area contributed by atoms with Gasteiger partial charge in [-0.25, -0.2) is 5.84 Å². The van der Waals surface area contributed by atoms with Gasteiger partial charge in [-0.05, 0) is 43.6 Å². The van der Waals surface area contributed by atoms with Crippen molar-refractivity contribution in [2.45, 2.75) is 26.8 Å². The predicted octanol–water partition coefficient (Wildman–Crippen LogP) is 2.53. The Balaban J connectivity index is 2.67. The van der Waals surface area contributed by atoms with E-state index < -0.39 is 0 Å². The third-order valence-electron chi connectivity index (χ3n) is 2.97. The highest BCUT2D eigenvalue weighted by molar-refractivity contribution is 9.10. The van der Waals surface area contributed by atoms with Crippen LogP contribution in [0.25, 0.3) is 0 Å². The molecule has 0 aliphatic carbocycles. The Morgan fingerprint density at radius 1 is 1.47 bits per heavy atom. The molecule has 0 aromatic heterocycles. The van der Waals surface area contributed by atoms with Crippen LogP contribution in [0.3, 0.4) is 0 Å². The number of hydrogen-bond acceptors (Lipinski definition) is 3. The number of amides is 1. The number of carbonyl (C=O) groups excluding carboxylic acids is 1. The molecule has 1 amide bonds. The van der Waals surface area contributed by atoms with Crippen LogP contribution in [-0.4, -0.2) is 24.4 Å². The summed E-state index contributed by atoms with van der Waals surface area (Å²) in [5, 5.41) is 0. The van der Waals surface area contributed by atoms with E-state index >= 15 is 0 Å². The monoisotopic (exact) mass is 327 g/mol. The minimum absolute atomic E-state index is 0.277. The summed E-state index contributed by atoms with van der Waals surface area (Å²) in [6.45, 7) is 6.38. The molecule has 0 spiro atoms. The summed E-state index contributed by atoms with van der Waals surface area (Å²) in [4.78, 5) is 13.7. The van der Waals surface area contributed by atoms with Gasteiger partial charge in [-0.2, -0.15) is 0 Å². The average Bonchev–Trinajstić information content (AvgIpc) is 2.37. The smallest absolute Gasteiger partial charge is 0.265 e. The van der Waals surface area contributed by atoms with Crippen molar-refractivity contribution in [1.82, 2.24) is 10.3 Å². The lowest BCUT2D eigenvalue weighted by molar-refractivity contribution is 0.0953. The van der Waals surface area contributed by atoms with Crippen LogP contribution in [-0.2, 0) is 6.54 Å². The molecule has 0 saturated heterocycles. The third-order valence-corrected chi connectivity index (χ3v) is 3.71. The van der Waals surface area contributed by atoms with Gasteiger partial charge in [-0.15, -0.1) is 0 Å². The van der Waals surface area contributed by atoms with Gasteiger partial charge < -0.3 is 4.90 Å². The first-order valence-corrected chi connectivity index (χ1v) is 7.21. The Morgan fingerprint density at radius 3 is 2.68 bits per heavy atom. The zero-order valence-corrected chi connectivity index (χ0v) is 13.3. The third kappa shape index (κ3) is 5.30. The number of benzene rings is 1. The molecule has 5 heteroatoms. The summed E-state index contributed by atoms with van der Waals surface area (Å²) in [6, 6.07) is 5.55. The fourth-order valence-corrected chi connectivity index (χ4v) is 2.25. The minimum Gasteiger partial charge on any atom is -0.302 e. The molecular weight excluding hydrogens is 306 g/mol. The summed E-state index contributed by atoms with van der Waals surface area (Å²) >= 11 is 3.51. The van der Waals surface area contributed by atoms with Gasteiger partial charge in [0.05, 0.1) is 0 Å². The van der Waals surface area contributed by atoms with E-state index in [0.717, 1.165) is 17.6 Å². The molecule has 0 aliphatic heterocycles. The second-order valence-electron chi connectivity index (χ2n) is 5.20. The second-order valence-corrected chi connectivity index (χ2v) is 6.05. The van der Waals surface area contributed by atoms with E-state index in [1.807, 2.05) is 6.07 Å². The highest BCUT2D eigenvalue weighted by Crippen LogP contribution is 2.20. The van der Waals surface area contributed by atoms with Crippen molar-refractivity contribution >= 4 is 21.8 Å². The zero-order chi connectivity index (χ0) is 14.4. The number of halogens is 1. The molecular formula is C14H22BrN3O. The lowest BCUT2D eigenvalue weighted by Crippen LogP contribution is -2.30. The second kappa shape index (κ2) is 7.62. The maximum absolute atomic E-state index is 11.4. The van der Waals surface area contributed by atoms with Gasteiger partial charge in [-0.1, -0.05) is 35.8 Å². The van der Waals surface area contributed by atoms with Gasteiger partial charge in [0.1, 0.15) is 0 Å². The Labute approximate surface area is 123 Å². The molecule has 1 rings (SSSR count). The quantitative estimate of drug-likeness (QED) is 0.479. The van der Waals surface area contributed by atoms with E-state index in [1.54, 1.807) is 12.1 Å². The molecule has 0 fully saturated rings. The van der Waals surface area contributed by atoms with Gasteiger partial charge in [0, 0.05) is 16.6 Å². The van der Waals surface area contributed by atoms with Crippen LogP contribution in [0.15, 0.2) is 22.7 Å². The van der Waals surface area contributed by atoms with E-state index in [1.165, 1.54) is 12.0 Å². The van der Waals surface area contributed by atoms with E-state index in [4.69, 9.17) is 5.84 Å². The zero-order valence-electron chi connectivity index (χ0n) is 11.7. The molecule has 0 radical (unpaired) electrons. The maximum Gasteiger partial charge on any atom is 0.265 e. The van der Waals surface area contributed by atoms with E-state index in [2.05, 4.69) is 47.2 Å². The molecule has 106 valence electrons. The van der Waals surface area contributed by atoms with E-state index in [0.29, 0.717) is 11.5 Å². The van der Waals surface area contributed by atoms with Crippen molar-refractivity contribution in [3.8, 4) is 0 Å². The van der Waals surface area contributed by atoms with Gasteiger partial charge in [-0.3, -0.25) is 10.2 Å². The summed E-state index contributed by atoms with van der Waals surface area (Å²) in [7, 11) is 2.11. The van der Waals surface area contributed by atoms with Crippen LogP contribution in [0.1, 0.15) is 36.2 Å². The highest BCUT2D eigenvalue weighted by atomic mass is 79.9. The number of rotatable bonds is 6. The van der Waals surface area contributed by atoms with Gasteiger partial charge in [0.2, 0.25) is 0 Å². The average molecular weight is 328 g/mol. The summed E-state index contributed by atoms with van der Waals surface area (Å²) in [6.07, 6.45) is 1.18. The van der Waals surface area contributed by atoms with Crippen molar-refractivity contribution in [2.75, 3.05) is 13.6 Å². The first kappa shape index (κ1) is 16.1. The van der Waals surface area contributed by atoms with Crippen LogP contribution in [0.2, 0.25) is 0 Å². The van der Waals surface area contributed by atoms with Crippen LogP contribution in [0.5, 0.6) is 0 Å². The molecule has 1 aromatic rings. The standard InChI is InChI=1S/C14H22BrN3O/c1-10(2)6-7-18(3)9-12-5-4-11(8-13(12)15)14(19)17-16/h4-5,8,10H,6-7,9,16H2,1-3H3,(H,17,19). The van der Waals surface area contributed by atoms with Crippen LogP contribution in [0, 0.1) is 5.92 Å². The SMILES string of the molecule is CC(C)CCN(C)Cc1ccc(C(=O)NN)cc1Br. The first-order chi connectivity index (χ1) is 8.93. The lowest BCUT2D eigenvalue weighted by Gasteiger charge is -2.19. The van der Waals surface area contributed by atoms with Crippen molar-refractivity contribution in [3.63, 3.8) is 0 Å². The Morgan fingerprint density at radius 2 is 2.16 bits per heavy atom. The van der Waals surface area contributed by atoms with Gasteiger partial charge in [0.25, 0.3) is 5.91 Å². The van der Waals surface area contributed by atoms with E-state index in [9.17, 15) is 4.79 Å². The van der Waals surface area contributed by atoms with Crippen LogP contribution in [0.4, 0.5) is 0 Å². The number of nitrogens with two attached hydrogens (primary N) is 1. The molecule has 0 atom stereocenters. The lowest BCUT2D eigenvalue weighted by atomic mass is 10.1. The largest absolute Gasteiger partial charge is 0.302 e. The molecule has 4 nitrogen and oxygen atoms in total. The summed E-state index contributed by atoms with van der Waals surface area (Å²) in [5.41, 5.74) is 3.86. The highest BCUT2D eigenvalue weighted by Gasteiger charge is 2.09. The normalized spacial score (nSPS) is 11.1. The fourth-order valence-electron chi connectivity index (χ4n) is 1.75. The molecule has 1 aromatic carbocycles. The molecule has 0 heterocycles. The fraction of sp³-hybridized carbons (Fsp3) is 0.500. The van der Waals surface area contributed by atoms with Crippen molar-refractivity contribution < 1.29 is 4.79 Å². The van der Waals surface area contributed by atoms with E-state index in [-0.39, 0.29) is 5.91 Å². The van der Waals surface area contributed by atoms with Crippen LogP contribution < -0.4 is 11.3 Å². The molecule has 3 N–H and O–H groups in total. The molecule has 0 aliphatic rings. The summed E-state index contributed by atoms with van der Waals surface area (Å²) in [5.74, 6) is 5.55. The Kier molecular flexibility index (Phi) is 6.48. The predicted molar refractivity (Wildman–Crippen MR) is 81.6 cm³/mol. The topological polar surface area (TPSA) is 58.4 Å². The molecule has 0 saturated carbocycles. The van der Waals surface area contributed by atoms with Crippen LogP contribution >= 0.6 is 15.9 Å². The number of hydrogen-bond donors (Lipinski definition) is 2. The minimum atomic E-state index is -0.277. The van der Waals surface area contributed by atoms with Crippen molar-refractivity contribution in [3.05, 3.63) is 33.8 Å². The summed E-state index contributed by atoms with van der Waals surface area (Å²) < 4.78 is 0.935. The maximum atomic E-state index is 11.4. The van der Waals surface area contributed by atoms with Crippen molar-refractivity contribution in [1.29, 1.82) is 0 Å². The molecule has 19 heavy (non-hydrogen) atoms. The molecule has 0 bridgehead atoms. The van der Waals surface area contributed by atoms with Crippen molar-refractivity contribution in [2.24, 2.45) is 11.8 Å².